The summed E-state index contributed by atoms with van der Waals surface area (Å²) in [5, 5.41) is 10.6. The first kappa shape index (κ1) is 90.1. The zero-order chi connectivity index (χ0) is 68.0. The fraction of sp³-hybridized carbons (Fsp3) is 0.945. The van der Waals surface area contributed by atoms with Gasteiger partial charge in [0.25, 0.3) is 0 Å². The first-order valence-corrected chi connectivity index (χ1v) is 40.9. The molecule has 3 unspecified atom stereocenters. The Balaban J connectivity index is 5.19. The largest absolute Gasteiger partial charge is 0.472 e. The number of phosphoric ester groups is 2. The molecular formula is C73H142O17P2. The molecule has 0 saturated heterocycles. The van der Waals surface area contributed by atoms with Crippen LogP contribution < -0.4 is 0 Å². The lowest BCUT2D eigenvalue weighted by molar-refractivity contribution is -0.161. The second-order valence-electron chi connectivity index (χ2n) is 27.5. The Morgan fingerprint density at radius 3 is 0.826 bits per heavy atom. The van der Waals surface area contributed by atoms with Crippen LogP contribution in [-0.2, 0) is 65.4 Å². The van der Waals surface area contributed by atoms with Crippen LogP contribution in [0.15, 0.2) is 0 Å². The van der Waals surface area contributed by atoms with Gasteiger partial charge in [-0.1, -0.05) is 318 Å². The van der Waals surface area contributed by atoms with Crippen LogP contribution in [0.5, 0.6) is 0 Å². The summed E-state index contributed by atoms with van der Waals surface area (Å²) in [4.78, 5) is 72.5. The van der Waals surface area contributed by atoms with Gasteiger partial charge in [-0.25, -0.2) is 9.13 Å². The summed E-state index contributed by atoms with van der Waals surface area (Å²) in [7, 11) is -9.90. The number of hydrogen-bond donors (Lipinski definition) is 3. The van der Waals surface area contributed by atoms with Crippen LogP contribution in [-0.4, -0.2) is 96.7 Å². The molecule has 0 aliphatic rings. The third kappa shape index (κ3) is 65.4. The van der Waals surface area contributed by atoms with Gasteiger partial charge >= 0.3 is 39.5 Å². The molecule has 17 nitrogen and oxygen atoms in total. The number of rotatable bonds is 71. The summed E-state index contributed by atoms with van der Waals surface area (Å²) in [5.41, 5.74) is 0. The average molecular weight is 1350 g/mol. The molecule has 0 aliphatic carbocycles. The highest BCUT2D eigenvalue weighted by molar-refractivity contribution is 7.47. The number of hydrogen-bond acceptors (Lipinski definition) is 15. The molecule has 0 fully saturated rings. The Bertz CT molecular complexity index is 1800. The first-order valence-electron chi connectivity index (χ1n) is 37.9. The molecular weight excluding hydrogens is 1210 g/mol. The maximum Gasteiger partial charge on any atom is 0.472 e. The number of ether oxygens (including phenoxy) is 4. The van der Waals surface area contributed by atoms with Gasteiger partial charge in [0.15, 0.2) is 12.2 Å². The first-order chi connectivity index (χ1) is 44.3. The molecule has 19 heteroatoms. The van der Waals surface area contributed by atoms with Crippen LogP contribution in [0.2, 0.25) is 0 Å². The van der Waals surface area contributed by atoms with Gasteiger partial charge in [0.1, 0.15) is 19.3 Å². The molecule has 92 heavy (non-hydrogen) atoms. The highest BCUT2D eigenvalue weighted by atomic mass is 31.2. The van der Waals surface area contributed by atoms with Crippen molar-refractivity contribution in [2.75, 3.05) is 39.6 Å². The minimum atomic E-state index is -4.95. The van der Waals surface area contributed by atoms with Gasteiger partial charge in [0, 0.05) is 25.7 Å². The SMILES string of the molecule is CCCCCCCCCC(=O)OC[C@H](COP(=O)(O)OC[C@H](O)COP(=O)(O)OC[C@@H](COC(=O)CCCCCCCCCCCCCCCCC(C)C)OC(=O)CCCCCCCCCCCCCCCCCC(C)C)OC(=O)CCCCCCCCC(C)CC. The molecule has 3 N–H and O–H groups in total. The quantitative estimate of drug-likeness (QED) is 0.0222. The molecule has 0 aromatic rings. The lowest BCUT2D eigenvalue weighted by atomic mass is 10.00. The number of carbonyl (C=O) groups excluding carboxylic acids is 4. The lowest BCUT2D eigenvalue weighted by Gasteiger charge is -2.21. The highest BCUT2D eigenvalue weighted by Gasteiger charge is 2.30. The smallest absolute Gasteiger partial charge is 0.462 e. The topological polar surface area (TPSA) is 237 Å². The minimum Gasteiger partial charge on any atom is -0.462 e. The van der Waals surface area contributed by atoms with Crippen molar-refractivity contribution in [2.45, 2.75) is 388 Å². The third-order valence-electron chi connectivity index (χ3n) is 17.2. The normalized spacial score (nSPS) is 14.4. The predicted molar refractivity (Wildman–Crippen MR) is 372 cm³/mol. The molecule has 0 amide bonds. The molecule has 6 atom stereocenters. The fourth-order valence-electron chi connectivity index (χ4n) is 11.0. The maximum atomic E-state index is 13.1. The van der Waals surface area contributed by atoms with E-state index < -0.39 is 97.5 Å². The monoisotopic (exact) mass is 1350 g/mol. The summed E-state index contributed by atoms with van der Waals surface area (Å²) >= 11 is 0. The molecule has 0 aliphatic heterocycles. The summed E-state index contributed by atoms with van der Waals surface area (Å²) in [5.74, 6) is 0.193. The van der Waals surface area contributed by atoms with E-state index in [-0.39, 0.29) is 25.7 Å². The van der Waals surface area contributed by atoms with Crippen LogP contribution in [0.4, 0.5) is 0 Å². The zero-order valence-electron chi connectivity index (χ0n) is 60.0. The van der Waals surface area contributed by atoms with Gasteiger partial charge in [-0.15, -0.1) is 0 Å². The number of unbranched alkanes of at least 4 members (excludes halogenated alkanes) is 38. The Morgan fingerprint density at radius 2 is 0.554 bits per heavy atom. The number of esters is 4. The molecule has 0 saturated carbocycles. The van der Waals surface area contributed by atoms with Crippen molar-refractivity contribution >= 4 is 39.5 Å². The number of aliphatic hydroxyl groups excluding tert-OH is 1. The van der Waals surface area contributed by atoms with Crippen molar-refractivity contribution in [2.24, 2.45) is 17.8 Å². The van der Waals surface area contributed by atoms with E-state index in [0.717, 1.165) is 120 Å². The Kier molecular flexibility index (Phi) is 62.4. The van der Waals surface area contributed by atoms with E-state index >= 15 is 0 Å². The van der Waals surface area contributed by atoms with E-state index in [1.54, 1.807) is 0 Å². The predicted octanol–water partition coefficient (Wildman–Crippen LogP) is 21.0. The van der Waals surface area contributed by atoms with E-state index in [0.29, 0.717) is 25.7 Å². The van der Waals surface area contributed by atoms with Crippen molar-refractivity contribution in [1.29, 1.82) is 0 Å². The summed E-state index contributed by atoms with van der Waals surface area (Å²) in [6.07, 6.45) is 48.8. The van der Waals surface area contributed by atoms with Crippen molar-refractivity contribution in [1.82, 2.24) is 0 Å². The van der Waals surface area contributed by atoms with E-state index in [9.17, 15) is 43.2 Å². The molecule has 0 radical (unpaired) electrons. The van der Waals surface area contributed by atoms with Gasteiger partial charge in [-0.05, 0) is 43.4 Å². The summed E-state index contributed by atoms with van der Waals surface area (Å²) in [6, 6.07) is 0. The summed E-state index contributed by atoms with van der Waals surface area (Å²) in [6.45, 7) is 11.8. The fourth-order valence-corrected chi connectivity index (χ4v) is 12.6. The Labute approximate surface area is 562 Å². The van der Waals surface area contributed by atoms with E-state index in [4.69, 9.17) is 37.0 Å². The Morgan fingerprint density at radius 1 is 0.315 bits per heavy atom. The van der Waals surface area contributed by atoms with Crippen molar-refractivity contribution in [3.63, 3.8) is 0 Å². The average Bonchev–Trinajstić information content (AvgIpc) is 1.72. The number of carbonyl (C=O) groups is 4. The van der Waals surface area contributed by atoms with Crippen LogP contribution in [0.25, 0.3) is 0 Å². The maximum absolute atomic E-state index is 13.1. The standard InChI is InChI=1S/C73H142O17P2/c1-8-10-11-12-30-40-47-54-70(75)83-60-69(90-73(78)57-50-43-36-35-39-46-53-66(7)9-2)63-88-92(81,82)86-59-67(74)58-85-91(79,80)87-62-68(61-84-71(76)55-48-41-33-28-24-20-17-16-19-23-27-32-38-45-52-65(5)6)89-72(77)56-49-42-34-29-25-21-15-13-14-18-22-26-31-37-44-51-64(3)4/h64-69,74H,8-63H2,1-7H3,(H,79,80)(H,81,82)/t66?,67-,68-,69-/m1/s1. The number of aliphatic hydroxyl groups is 1. The molecule has 0 aromatic heterocycles. The molecule has 0 spiro atoms. The highest BCUT2D eigenvalue weighted by Crippen LogP contribution is 2.45. The molecule has 0 aromatic carbocycles. The van der Waals surface area contributed by atoms with Gasteiger partial charge in [0.05, 0.1) is 26.4 Å². The van der Waals surface area contributed by atoms with Crippen molar-refractivity contribution in [3.8, 4) is 0 Å². The molecule has 0 bridgehead atoms. The van der Waals surface area contributed by atoms with Gasteiger partial charge < -0.3 is 33.8 Å². The van der Waals surface area contributed by atoms with Crippen molar-refractivity contribution in [3.05, 3.63) is 0 Å². The zero-order valence-corrected chi connectivity index (χ0v) is 61.8. The number of phosphoric acid groups is 2. The summed E-state index contributed by atoms with van der Waals surface area (Å²) < 4.78 is 68.3. The van der Waals surface area contributed by atoms with E-state index in [2.05, 4.69) is 48.5 Å². The van der Waals surface area contributed by atoms with Gasteiger partial charge in [-0.3, -0.25) is 37.3 Å². The van der Waals surface area contributed by atoms with E-state index in [1.807, 2.05) is 0 Å². The Hall–Kier alpha value is -1.94. The van der Waals surface area contributed by atoms with Gasteiger partial charge in [0.2, 0.25) is 0 Å². The van der Waals surface area contributed by atoms with E-state index in [1.165, 1.54) is 167 Å². The second-order valence-corrected chi connectivity index (χ2v) is 30.4. The van der Waals surface area contributed by atoms with Crippen LogP contribution in [0.3, 0.4) is 0 Å². The van der Waals surface area contributed by atoms with Crippen molar-refractivity contribution < 1.29 is 80.2 Å². The van der Waals surface area contributed by atoms with Crippen LogP contribution >= 0.6 is 15.6 Å². The third-order valence-corrected chi connectivity index (χ3v) is 19.1. The lowest BCUT2D eigenvalue weighted by Crippen LogP contribution is -2.30. The minimum absolute atomic E-state index is 0.102. The van der Waals surface area contributed by atoms with Gasteiger partial charge in [-0.2, -0.15) is 0 Å². The molecule has 0 rings (SSSR count). The van der Waals surface area contributed by atoms with Crippen LogP contribution in [0.1, 0.15) is 370 Å². The molecule has 546 valence electrons. The van der Waals surface area contributed by atoms with Crippen LogP contribution in [0, 0.1) is 17.8 Å². The molecule has 0 heterocycles. The second kappa shape index (κ2) is 63.8.